The molecule has 4 aromatic rings. The van der Waals surface area contributed by atoms with Crippen LogP contribution in [0.5, 0.6) is 0 Å². The maximum Gasteiger partial charge on any atom is 0.407 e. The molecule has 14 heteroatoms. The molecular weight excluding hydrogens is 636 g/mol. The summed E-state index contributed by atoms with van der Waals surface area (Å²) < 4.78 is 10.8. The minimum atomic E-state index is -1.25. The molecule has 11 nitrogen and oxygen atoms in total. The van der Waals surface area contributed by atoms with Crippen molar-refractivity contribution in [3.8, 4) is 0 Å². The van der Waals surface area contributed by atoms with Crippen LogP contribution in [0.1, 0.15) is 38.6 Å². The zero-order valence-electron chi connectivity index (χ0n) is 25.4. The van der Waals surface area contributed by atoms with Crippen LogP contribution in [-0.2, 0) is 24.4 Å². The summed E-state index contributed by atoms with van der Waals surface area (Å²) in [5.74, 6) is 1.39. The number of anilines is 1. The first kappa shape index (κ1) is 32.2. The number of imidazole rings is 1. The predicted molar refractivity (Wildman–Crippen MR) is 174 cm³/mol. The lowest BCUT2D eigenvalue weighted by Crippen LogP contribution is -2.45. The highest BCUT2D eigenvalue weighted by Crippen LogP contribution is 2.25. The largest absolute Gasteiger partial charge is 0.465 e. The van der Waals surface area contributed by atoms with E-state index >= 15 is 0 Å². The molecule has 3 aromatic heterocycles. The first-order valence-corrected chi connectivity index (χ1v) is 19.8. The Morgan fingerprint density at radius 3 is 2.64 bits per heavy atom. The number of nitrogens with one attached hydrogen (secondary N) is 1. The molecule has 0 atom stereocenters. The van der Waals surface area contributed by atoms with Crippen molar-refractivity contribution in [2.45, 2.75) is 83.3 Å². The summed E-state index contributed by atoms with van der Waals surface area (Å²) in [6.45, 7) is 14.7. The second-order valence-electron chi connectivity index (χ2n) is 12.4. The molecule has 0 saturated carbocycles. The maximum atomic E-state index is 11.9. The van der Waals surface area contributed by atoms with Gasteiger partial charge in [-0.3, -0.25) is 0 Å². The monoisotopic (exact) mass is 676 g/mol. The van der Waals surface area contributed by atoms with Gasteiger partial charge in [0.1, 0.15) is 12.6 Å². The molecule has 0 saturated heterocycles. The van der Waals surface area contributed by atoms with Crippen LogP contribution in [0.3, 0.4) is 0 Å². The van der Waals surface area contributed by atoms with Crippen LogP contribution in [0.25, 0.3) is 16.7 Å². The molecule has 0 unspecified atom stereocenters. The SMILES string of the molecule is CSc1nc(NCc2nc3cccc(CCCN(C(=O)O)C(C)(C)C)c3n2COCC[Si](C)(C)C)n2ncc(Br)c2n1. The van der Waals surface area contributed by atoms with Crippen molar-refractivity contribution in [2.75, 3.05) is 24.7 Å². The van der Waals surface area contributed by atoms with E-state index in [-0.39, 0.29) is 0 Å². The zero-order chi connectivity index (χ0) is 30.7. The number of rotatable bonds is 13. The van der Waals surface area contributed by atoms with Gasteiger partial charge in [0.05, 0.1) is 28.2 Å². The molecule has 0 aliphatic carbocycles. The Balaban J connectivity index is 1.63. The average molecular weight is 678 g/mol. The Labute approximate surface area is 260 Å². The minimum absolute atomic E-state index is 0.376. The standard InChI is InChI=1S/C28H41BrN8O3SSi/c1-28(2,3)36(27(38)39)13-9-11-19-10-8-12-21-23(19)35(18-40-14-15-42(5,6)7)22(32-21)17-30-25-34-26(41-4)33-24-20(29)16-31-37(24)25/h8,10,12,16H,9,11,13-15,17-18H2,1-7H3,(H,38,39)(H,30,33,34). The van der Waals surface area contributed by atoms with Gasteiger partial charge in [-0.1, -0.05) is 43.5 Å². The van der Waals surface area contributed by atoms with Gasteiger partial charge in [-0.05, 0) is 73.5 Å². The van der Waals surface area contributed by atoms with Gasteiger partial charge in [0.2, 0.25) is 5.95 Å². The number of nitrogens with zero attached hydrogens (tertiary/aromatic N) is 7. The van der Waals surface area contributed by atoms with E-state index in [9.17, 15) is 9.90 Å². The van der Waals surface area contributed by atoms with E-state index in [1.54, 1.807) is 10.7 Å². The average Bonchev–Trinajstić information content (AvgIpc) is 3.46. The minimum Gasteiger partial charge on any atom is -0.465 e. The number of aromatic nitrogens is 6. The Kier molecular flexibility index (Phi) is 10.2. The number of benzene rings is 1. The fourth-order valence-electron chi connectivity index (χ4n) is 4.66. The highest BCUT2D eigenvalue weighted by Gasteiger charge is 2.25. The molecule has 228 valence electrons. The van der Waals surface area contributed by atoms with Crippen LogP contribution < -0.4 is 5.32 Å². The van der Waals surface area contributed by atoms with Gasteiger partial charge in [0.15, 0.2) is 10.8 Å². The summed E-state index contributed by atoms with van der Waals surface area (Å²) in [7, 11) is -1.25. The first-order valence-electron chi connectivity index (χ1n) is 14.0. The molecule has 0 aliphatic heterocycles. The molecule has 1 amide bonds. The van der Waals surface area contributed by atoms with E-state index in [1.807, 2.05) is 39.2 Å². The lowest BCUT2D eigenvalue weighted by molar-refractivity contribution is 0.0879. The van der Waals surface area contributed by atoms with E-state index in [0.29, 0.717) is 49.6 Å². The molecule has 3 heterocycles. The van der Waals surface area contributed by atoms with Crippen molar-refractivity contribution in [3.63, 3.8) is 0 Å². The molecule has 0 fully saturated rings. The number of hydrogen-bond acceptors (Lipinski definition) is 8. The van der Waals surface area contributed by atoms with Gasteiger partial charge in [-0.25, -0.2) is 14.8 Å². The van der Waals surface area contributed by atoms with Gasteiger partial charge >= 0.3 is 6.09 Å². The van der Waals surface area contributed by atoms with E-state index in [1.165, 1.54) is 16.7 Å². The van der Waals surface area contributed by atoms with Gasteiger partial charge in [0.25, 0.3) is 0 Å². The number of carbonyl (C=O) groups is 1. The number of ether oxygens (including phenoxy) is 1. The summed E-state index contributed by atoms with van der Waals surface area (Å²) in [6.07, 6.45) is 4.16. The fourth-order valence-corrected chi connectivity index (χ4v) is 6.12. The second kappa shape index (κ2) is 13.3. The van der Waals surface area contributed by atoms with Crippen LogP contribution in [0.15, 0.2) is 34.0 Å². The summed E-state index contributed by atoms with van der Waals surface area (Å²) in [5, 5.41) is 18.2. The molecule has 2 N–H and O–H groups in total. The van der Waals surface area contributed by atoms with Gasteiger partial charge in [-0.15, -0.1) is 0 Å². The third-order valence-electron chi connectivity index (χ3n) is 6.91. The van der Waals surface area contributed by atoms with Crippen molar-refractivity contribution in [1.82, 2.24) is 34.0 Å². The number of fused-ring (bicyclic) bond motifs is 2. The summed E-state index contributed by atoms with van der Waals surface area (Å²) in [5.41, 5.74) is 3.23. The Morgan fingerprint density at radius 2 is 1.98 bits per heavy atom. The van der Waals surface area contributed by atoms with Crippen LogP contribution in [0.4, 0.5) is 10.7 Å². The van der Waals surface area contributed by atoms with Crippen LogP contribution in [0, 0.1) is 0 Å². The molecule has 42 heavy (non-hydrogen) atoms. The number of aryl methyl sites for hydroxylation is 1. The van der Waals surface area contributed by atoms with Crippen molar-refractivity contribution < 1.29 is 14.6 Å². The number of halogens is 1. The normalized spacial score (nSPS) is 12.4. The molecular formula is C28H41BrN8O3SSi. The molecule has 4 rings (SSSR count). The van der Waals surface area contributed by atoms with Crippen molar-refractivity contribution in [1.29, 1.82) is 0 Å². The summed E-state index contributed by atoms with van der Waals surface area (Å²) in [6, 6.07) is 7.19. The third kappa shape index (κ3) is 7.82. The molecule has 0 bridgehead atoms. The Morgan fingerprint density at radius 1 is 1.21 bits per heavy atom. The smallest absolute Gasteiger partial charge is 0.407 e. The topological polar surface area (TPSA) is 123 Å². The third-order valence-corrected chi connectivity index (χ3v) is 9.72. The Bertz CT molecular complexity index is 1550. The summed E-state index contributed by atoms with van der Waals surface area (Å²) >= 11 is 4.99. The van der Waals surface area contributed by atoms with E-state index in [0.717, 1.165) is 39.4 Å². The van der Waals surface area contributed by atoms with E-state index < -0.39 is 19.7 Å². The van der Waals surface area contributed by atoms with Gasteiger partial charge in [-0.2, -0.15) is 14.6 Å². The molecule has 1 aromatic carbocycles. The van der Waals surface area contributed by atoms with Gasteiger partial charge < -0.3 is 24.6 Å². The number of hydrogen-bond donors (Lipinski definition) is 2. The highest BCUT2D eigenvalue weighted by atomic mass is 79.9. The fraction of sp³-hybridized carbons (Fsp3) is 0.536. The van der Waals surface area contributed by atoms with Crippen molar-refractivity contribution in [2.24, 2.45) is 0 Å². The van der Waals surface area contributed by atoms with Crippen molar-refractivity contribution in [3.05, 3.63) is 40.3 Å². The predicted octanol–water partition coefficient (Wildman–Crippen LogP) is 6.59. The van der Waals surface area contributed by atoms with Crippen LogP contribution in [-0.4, -0.2) is 78.3 Å². The molecule has 0 aliphatic rings. The van der Waals surface area contributed by atoms with Crippen LogP contribution in [0.2, 0.25) is 25.7 Å². The van der Waals surface area contributed by atoms with Crippen molar-refractivity contribution >= 4 is 64.5 Å². The molecule has 0 spiro atoms. The Hall–Kier alpha value is -2.68. The van der Waals surface area contributed by atoms with E-state index in [2.05, 4.69) is 66.6 Å². The number of para-hydroxylation sites is 1. The number of thioether (sulfide) groups is 1. The maximum absolute atomic E-state index is 11.9. The quantitative estimate of drug-likeness (QED) is 0.0917. The second-order valence-corrected chi connectivity index (χ2v) is 19.7. The number of amides is 1. The highest BCUT2D eigenvalue weighted by molar-refractivity contribution is 9.10. The number of carboxylic acid groups (broad SMARTS) is 1. The lowest BCUT2D eigenvalue weighted by atomic mass is 10.0. The lowest BCUT2D eigenvalue weighted by Gasteiger charge is -2.33. The van der Waals surface area contributed by atoms with Crippen LogP contribution >= 0.6 is 27.7 Å². The van der Waals surface area contributed by atoms with Gasteiger partial charge in [0, 0.05) is 26.8 Å². The van der Waals surface area contributed by atoms with E-state index in [4.69, 9.17) is 9.72 Å². The zero-order valence-corrected chi connectivity index (χ0v) is 28.8. The first-order chi connectivity index (χ1) is 19.8. The summed E-state index contributed by atoms with van der Waals surface area (Å²) in [4.78, 5) is 27.6. The molecule has 0 radical (unpaired) electrons.